The molecule has 0 bridgehead atoms. The summed E-state index contributed by atoms with van der Waals surface area (Å²) in [6.45, 7) is 2.95. The van der Waals surface area contributed by atoms with Gasteiger partial charge in [-0.1, -0.05) is 12.1 Å². The molecule has 11 heteroatoms. The van der Waals surface area contributed by atoms with Crippen molar-refractivity contribution in [2.45, 2.75) is 25.9 Å². The summed E-state index contributed by atoms with van der Waals surface area (Å²) < 4.78 is 11.6. The van der Waals surface area contributed by atoms with Gasteiger partial charge >= 0.3 is 6.09 Å². The molecular formula is C22H22N4O6S. The number of carboxylic acid groups (broad SMARTS) is 1. The maximum Gasteiger partial charge on any atom is 0.407 e. The fourth-order valence-electron chi connectivity index (χ4n) is 3.46. The fourth-order valence-corrected chi connectivity index (χ4v) is 4.36. The Hall–Kier alpha value is -3.60. The molecule has 1 aromatic heterocycles. The van der Waals surface area contributed by atoms with E-state index >= 15 is 0 Å². The molecule has 2 aliphatic rings. The minimum atomic E-state index is -0.918. The minimum Gasteiger partial charge on any atom is -0.474 e. The summed E-state index contributed by atoms with van der Waals surface area (Å²) >= 11 is 0.930. The fraction of sp³-hybridized carbons (Fsp3) is 0.318. The van der Waals surface area contributed by atoms with Crippen molar-refractivity contribution in [1.82, 2.24) is 19.8 Å². The van der Waals surface area contributed by atoms with E-state index in [4.69, 9.17) is 14.6 Å². The van der Waals surface area contributed by atoms with Gasteiger partial charge in [-0.05, 0) is 42.5 Å². The van der Waals surface area contributed by atoms with E-state index < -0.39 is 6.09 Å². The van der Waals surface area contributed by atoms with E-state index in [9.17, 15) is 14.4 Å². The normalized spacial score (nSPS) is 18.2. The molecule has 10 nitrogen and oxygen atoms in total. The van der Waals surface area contributed by atoms with E-state index in [1.807, 2.05) is 0 Å². The Kier molecular flexibility index (Phi) is 6.78. The van der Waals surface area contributed by atoms with E-state index in [-0.39, 0.29) is 17.3 Å². The summed E-state index contributed by atoms with van der Waals surface area (Å²) in [7, 11) is 0. The quantitative estimate of drug-likeness (QED) is 0.627. The molecule has 4 rings (SSSR count). The zero-order valence-electron chi connectivity index (χ0n) is 17.8. The number of carbonyl (C=O) groups excluding carboxylic acids is 2. The van der Waals surface area contributed by atoms with Crippen molar-refractivity contribution in [2.24, 2.45) is 0 Å². The van der Waals surface area contributed by atoms with Crippen molar-refractivity contribution in [3.63, 3.8) is 0 Å². The average molecular weight is 471 g/mol. The van der Waals surface area contributed by atoms with E-state index in [1.54, 1.807) is 43.3 Å². The Labute approximate surface area is 194 Å². The number of imide groups is 1. The van der Waals surface area contributed by atoms with Gasteiger partial charge < -0.3 is 19.5 Å². The first kappa shape index (κ1) is 22.6. The van der Waals surface area contributed by atoms with Gasteiger partial charge in [-0.25, -0.2) is 14.8 Å². The van der Waals surface area contributed by atoms with Crippen molar-refractivity contribution < 1.29 is 29.0 Å². The summed E-state index contributed by atoms with van der Waals surface area (Å²) in [6.07, 6.45) is 3.16. The lowest BCUT2D eigenvalue weighted by atomic mass is 10.1. The number of benzene rings is 1. The van der Waals surface area contributed by atoms with Crippen LogP contribution < -0.4 is 9.47 Å². The molecule has 0 unspecified atom stereocenters. The third-order valence-electron chi connectivity index (χ3n) is 5.21. The first-order valence-electron chi connectivity index (χ1n) is 10.4. The zero-order chi connectivity index (χ0) is 23.4. The van der Waals surface area contributed by atoms with Crippen molar-refractivity contribution in [2.75, 3.05) is 19.6 Å². The molecule has 2 fully saturated rings. The van der Waals surface area contributed by atoms with Crippen LogP contribution in [0.1, 0.15) is 25.3 Å². The lowest BCUT2D eigenvalue weighted by Crippen LogP contribution is -2.41. The third kappa shape index (κ3) is 5.43. The lowest BCUT2D eigenvalue weighted by Gasteiger charge is -2.29. The number of hydrogen-bond donors (Lipinski definition) is 1. The monoisotopic (exact) mass is 470 g/mol. The summed E-state index contributed by atoms with van der Waals surface area (Å²) in [4.78, 5) is 46.2. The van der Waals surface area contributed by atoms with Crippen LogP contribution in [-0.2, 0) is 4.79 Å². The molecule has 1 N–H and O–H groups in total. The van der Waals surface area contributed by atoms with Gasteiger partial charge in [0, 0.05) is 32.5 Å². The highest BCUT2D eigenvalue weighted by molar-refractivity contribution is 8.18. The van der Waals surface area contributed by atoms with Gasteiger partial charge in [-0.15, -0.1) is 0 Å². The minimum absolute atomic E-state index is 0.123. The summed E-state index contributed by atoms with van der Waals surface area (Å²) in [5.74, 6) is 0.917. The van der Waals surface area contributed by atoms with Crippen LogP contribution in [0.25, 0.3) is 6.08 Å². The van der Waals surface area contributed by atoms with Gasteiger partial charge in [0.15, 0.2) is 0 Å². The Bertz CT molecular complexity index is 1080. The Morgan fingerprint density at radius 2 is 1.88 bits per heavy atom. The van der Waals surface area contributed by atoms with Crippen molar-refractivity contribution >= 4 is 35.1 Å². The van der Waals surface area contributed by atoms with Crippen LogP contribution >= 0.6 is 11.8 Å². The van der Waals surface area contributed by atoms with Gasteiger partial charge in [-0.3, -0.25) is 14.5 Å². The smallest absolute Gasteiger partial charge is 0.407 e. The van der Waals surface area contributed by atoms with Crippen molar-refractivity contribution in [3.8, 4) is 17.5 Å². The number of hydrogen-bond acceptors (Lipinski definition) is 8. The second-order valence-electron chi connectivity index (χ2n) is 7.38. The number of thioether (sulfide) groups is 1. The highest BCUT2D eigenvalue weighted by Crippen LogP contribution is 2.32. The maximum atomic E-state index is 12.2. The summed E-state index contributed by atoms with van der Waals surface area (Å²) in [5.41, 5.74) is 0.767. The molecule has 2 aliphatic heterocycles. The molecule has 2 saturated heterocycles. The Morgan fingerprint density at radius 3 is 2.52 bits per heavy atom. The first-order valence-corrected chi connectivity index (χ1v) is 11.2. The number of rotatable bonds is 6. The summed E-state index contributed by atoms with van der Waals surface area (Å²) in [5, 5.41) is 8.77. The molecule has 0 radical (unpaired) electrons. The molecule has 0 atom stereocenters. The van der Waals surface area contributed by atoms with E-state index in [0.29, 0.717) is 54.9 Å². The molecule has 3 amide bonds. The van der Waals surface area contributed by atoms with Gasteiger partial charge in [0.2, 0.25) is 11.8 Å². The maximum absolute atomic E-state index is 12.2. The van der Waals surface area contributed by atoms with Gasteiger partial charge in [0.05, 0.1) is 11.0 Å². The number of ether oxygens (including phenoxy) is 2. The molecule has 0 spiro atoms. The standard InChI is InChI=1S/C22H22N4O6S/c1-2-26-20(27)17(33-22(26)30)11-14-3-5-15(6-4-14)31-18-12-19(24-13-23-18)32-16-7-9-25(10-8-16)21(28)29/h3-6,11-13,16H,2,7-10H2,1H3,(H,28,29). The van der Waals surface area contributed by atoms with Crippen molar-refractivity contribution in [1.29, 1.82) is 0 Å². The Balaban J connectivity index is 1.36. The van der Waals surface area contributed by atoms with Crippen LogP contribution in [0.4, 0.5) is 9.59 Å². The first-order chi connectivity index (χ1) is 15.9. The van der Waals surface area contributed by atoms with Crippen LogP contribution in [0.3, 0.4) is 0 Å². The largest absolute Gasteiger partial charge is 0.474 e. The second-order valence-corrected chi connectivity index (χ2v) is 8.37. The molecule has 2 aromatic rings. The van der Waals surface area contributed by atoms with Crippen LogP contribution in [0.5, 0.6) is 17.5 Å². The molecule has 0 aliphatic carbocycles. The van der Waals surface area contributed by atoms with E-state index in [0.717, 1.165) is 17.3 Å². The zero-order valence-corrected chi connectivity index (χ0v) is 18.7. The van der Waals surface area contributed by atoms with Crippen molar-refractivity contribution in [3.05, 3.63) is 47.1 Å². The molecule has 3 heterocycles. The number of likely N-dealkylation sites (tertiary alicyclic amines) is 1. The van der Waals surface area contributed by atoms with Crippen LogP contribution in [-0.4, -0.2) is 67.9 Å². The number of nitrogens with zero attached hydrogens (tertiary/aromatic N) is 4. The molecular weight excluding hydrogens is 448 g/mol. The Morgan fingerprint density at radius 1 is 1.18 bits per heavy atom. The number of piperidine rings is 1. The van der Waals surface area contributed by atoms with Crippen LogP contribution in [0, 0.1) is 0 Å². The van der Waals surface area contributed by atoms with Crippen LogP contribution in [0.2, 0.25) is 0 Å². The predicted octanol–water partition coefficient (Wildman–Crippen LogP) is 3.85. The van der Waals surface area contributed by atoms with E-state index in [1.165, 1.54) is 16.1 Å². The third-order valence-corrected chi connectivity index (χ3v) is 6.11. The van der Waals surface area contributed by atoms with Gasteiger partial charge in [0.1, 0.15) is 18.2 Å². The topological polar surface area (TPSA) is 122 Å². The van der Waals surface area contributed by atoms with Gasteiger partial charge in [0.25, 0.3) is 11.1 Å². The molecule has 33 heavy (non-hydrogen) atoms. The lowest BCUT2D eigenvalue weighted by molar-refractivity contribution is -0.122. The highest BCUT2D eigenvalue weighted by atomic mass is 32.2. The molecule has 1 aromatic carbocycles. The highest BCUT2D eigenvalue weighted by Gasteiger charge is 2.33. The SMILES string of the molecule is CCN1C(=O)SC(=Cc2ccc(Oc3cc(OC4CCN(C(=O)O)CC4)ncn3)cc2)C1=O. The number of aromatic nitrogens is 2. The van der Waals surface area contributed by atoms with E-state index in [2.05, 4.69) is 9.97 Å². The molecule has 172 valence electrons. The number of likely N-dealkylation sites (N-methyl/N-ethyl adjacent to an activating group) is 1. The molecule has 0 saturated carbocycles. The number of carbonyl (C=O) groups is 3. The van der Waals surface area contributed by atoms with Crippen LogP contribution in [0.15, 0.2) is 41.6 Å². The number of amides is 3. The van der Waals surface area contributed by atoms with Gasteiger partial charge in [-0.2, -0.15) is 0 Å². The summed E-state index contributed by atoms with van der Waals surface area (Å²) in [6, 6.07) is 8.62. The second kappa shape index (κ2) is 9.90. The predicted molar refractivity (Wildman–Crippen MR) is 120 cm³/mol. The average Bonchev–Trinajstić information content (AvgIpc) is 3.07.